The van der Waals surface area contributed by atoms with Gasteiger partial charge in [0, 0.05) is 17.6 Å². The lowest BCUT2D eigenvalue weighted by molar-refractivity contribution is -0.137. The fraction of sp³-hybridized carbons (Fsp3) is 0.562. The van der Waals surface area contributed by atoms with E-state index in [0.717, 1.165) is 11.1 Å². The molecular formula is C16H20N2O2. The van der Waals surface area contributed by atoms with Gasteiger partial charge in [0.1, 0.15) is 0 Å². The van der Waals surface area contributed by atoms with Gasteiger partial charge in [0.2, 0.25) is 0 Å². The number of rotatable bonds is 1. The molecule has 0 aromatic heterocycles. The second-order valence-corrected chi connectivity index (χ2v) is 6.11. The standard InChI is InChI=1S/C16H20N2O2/c1-11-3-4-15(12(5-11)8-17)16(19)6-13-9-20-10-14(7-16)18(13)2/h3-5,13-14,19H,6-7,9-10H2,1-2H3. The number of aryl methyl sites for hydroxylation is 1. The normalized spacial score (nSPS) is 33.7. The second kappa shape index (κ2) is 4.85. The molecule has 0 saturated carbocycles. The SMILES string of the molecule is Cc1ccc(C2(O)CC3COCC(C2)N3C)c(C#N)c1. The van der Waals surface area contributed by atoms with Crippen LogP contribution in [0.1, 0.15) is 29.5 Å². The third-order valence-corrected chi connectivity index (χ3v) is 4.72. The van der Waals surface area contributed by atoms with E-state index in [4.69, 9.17) is 4.74 Å². The van der Waals surface area contributed by atoms with E-state index in [1.54, 1.807) is 0 Å². The summed E-state index contributed by atoms with van der Waals surface area (Å²) in [5.74, 6) is 0. The molecule has 1 N–H and O–H groups in total. The number of aliphatic hydroxyl groups is 1. The summed E-state index contributed by atoms with van der Waals surface area (Å²) in [5, 5.41) is 20.5. The maximum Gasteiger partial charge on any atom is 0.0995 e. The molecule has 2 atom stereocenters. The van der Waals surface area contributed by atoms with Crippen molar-refractivity contribution in [3.8, 4) is 6.07 Å². The van der Waals surface area contributed by atoms with Gasteiger partial charge in [-0.05, 0) is 38.4 Å². The van der Waals surface area contributed by atoms with Crippen molar-refractivity contribution in [2.75, 3.05) is 20.3 Å². The van der Waals surface area contributed by atoms with Crippen LogP contribution in [0.4, 0.5) is 0 Å². The highest BCUT2D eigenvalue weighted by atomic mass is 16.5. The van der Waals surface area contributed by atoms with Crippen LogP contribution in [0.3, 0.4) is 0 Å². The zero-order chi connectivity index (χ0) is 14.3. The van der Waals surface area contributed by atoms with Crippen molar-refractivity contribution in [3.63, 3.8) is 0 Å². The number of ether oxygens (including phenoxy) is 1. The molecule has 0 aliphatic carbocycles. The zero-order valence-electron chi connectivity index (χ0n) is 12.0. The smallest absolute Gasteiger partial charge is 0.0995 e. The lowest BCUT2D eigenvalue weighted by Gasteiger charge is -2.50. The van der Waals surface area contributed by atoms with Crippen LogP contribution < -0.4 is 0 Å². The van der Waals surface area contributed by atoms with Gasteiger partial charge < -0.3 is 9.84 Å². The zero-order valence-corrected chi connectivity index (χ0v) is 12.0. The van der Waals surface area contributed by atoms with E-state index in [1.165, 1.54) is 0 Å². The summed E-state index contributed by atoms with van der Waals surface area (Å²) in [6, 6.07) is 8.42. The van der Waals surface area contributed by atoms with E-state index in [0.29, 0.717) is 31.6 Å². The van der Waals surface area contributed by atoms with Crippen LogP contribution in [0, 0.1) is 18.3 Å². The van der Waals surface area contributed by atoms with E-state index in [2.05, 4.69) is 18.0 Å². The molecule has 2 aliphatic heterocycles. The topological polar surface area (TPSA) is 56.5 Å². The van der Waals surface area contributed by atoms with Gasteiger partial charge in [-0.3, -0.25) is 4.90 Å². The van der Waals surface area contributed by atoms with E-state index >= 15 is 0 Å². The molecule has 2 bridgehead atoms. The second-order valence-electron chi connectivity index (χ2n) is 6.11. The summed E-state index contributed by atoms with van der Waals surface area (Å²) >= 11 is 0. The van der Waals surface area contributed by atoms with Gasteiger partial charge in [-0.25, -0.2) is 0 Å². The molecule has 4 heteroatoms. The van der Waals surface area contributed by atoms with Crippen LogP contribution in [0.15, 0.2) is 18.2 Å². The summed E-state index contributed by atoms with van der Waals surface area (Å²) in [5.41, 5.74) is 1.50. The molecular weight excluding hydrogens is 252 g/mol. The van der Waals surface area contributed by atoms with Crippen molar-refractivity contribution >= 4 is 0 Å². The lowest BCUT2D eigenvalue weighted by Crippen LogP contribution is -2.59. The third kappa shape index (κ3) is 2.12. The Balaban J connectivity index is 1.99. The molecule has 0 amide bonds. The minimum absolute atomic E-state index is 0.223. The monoisotopic (exact) mass is 272 g/mol. The predicted octanol–water partition coefficient (Wildman–Crippen LogP) is 1.55. The molecule has 1 aromatic carbocycles. The van der Waals surface area contributed by atoms with Crippen molar-refractivity contribution in [2.24, 2.45) is 0 Å². The number of benzene rings is 1. The highest BCUT2D eigenvalue weighted by molar-refractivity contribution is 5.44. The first-order chi connectivity index (χ1) is 9.53. The van der Waals surface area contributed by atoms with Crippen LogP contribution in [0.25, 0.3) is 0 Å². The van der Waals surface area contributed by atoms with Crippen LogP contribution in [0.5, 0.6) is 0 Å². The van der Waals surface area contributed by atoms with Gasteiger partial charge in [0.05, 0.1) is 30.4 Å². The molecule has 0 radical (unpaired) electrons. The van der Waals surface area contributed by atoms with E-state index < -0.39 is 5.60 Å². The first-order valence-corrected chi connectivity index (χ1v) is 7.07. The number of likely N-dealkylation sites (N-methyl/N-ethyl adjacent to an activating group) is 1. The van der Waals surface area contributed by atoms with E-state index in [1.807, 2.05) is 25.1 Å². The number of nitrogens with zero attached hydrogens (tertiary/aromatic N) is 2. The summed E-state index contributed by atoms with van der Waals surface area (Å²) in [7, 11) is 2.10. The minimum Gasteiger partial charge on any atom is -0.385 e. The molecule has 106 valence electrons. The fourth-order valence-electron chi connectivity index (χ4n) is 3.52. The van der Waals surface area contributed by atoms with Gasteiger partial charge in [0.15, 0.2) is 0 Å². The van der Waals surface area contributed by atoms with Crippen LogP contribution in [-0.4, -0.2) is 42.4 Å². The Hall–Kier alpha value is -1.41. The average Bonchev–Trinajstić information content (AvgIpc) is 2.40. The number of piperidine rings is 1. The molecule has 1 aromatic rings. The van der Waals surface area contributed by atoms with E-state index in [9.17, 15) is 10.4 Å². The van der Waals surface area contributed by atoms with Crippen molar-refractivity contribution < 1.29 is 9.84 Å². The average molecular weight is 272 g/mol. The van der Waals surface area contributed by atoms with Crippen molar-refractivity contribution in [2.45, 2.75) is 37.5 Å². The van der Waals surface area contributed by atoms with Gasteiger partial charge in [0.25, 0.3) is 0 Å². The number of hydrogen-bond acceptors (Lipinski definition) is 4. The Morgan fingerprint density at radius 1 is 1.35 bits per heavy atom. The number of nitriles is 1. The molecule has 20 heavy (non-hydrogen) atoms. The van der Waals surface area contributed by atoms with Crippen LogP contribution in [-0.2, 0) is 10.3 Å². The fourth-order valence-corrected chi connectivity index (χ4v) is 3.52. The first-order valence-electron chi connectivity index (χ1n) is 7.07. The number of morpholine rings is 1. The summed E-state index contributed by atoms with van der Waals surface area (Å²) in [6.45, 7) is 3.28. The molecule has 2 saturated heterocycles. The van der Waals surface area contributed by atoms with Gasteiger partial charge >= 0.3 is 0 Å². The molecule has 3 rings (SSSR count). The molecule has 0 spiro atoms. The maximum absolute atomic E-state index is 11.1. The minimum atomic E-state index is -0.912. The van der Waals surface area contributed by atoms with Crippen LogP contribution in [0.2, 0.25) is 0 Å². The Bertz CT molecular complexity index is 550. The Morgan fingerprint density at radius 2 is 2.00 bits per heavy atom. The van der Waals surface area contributed by atoms with Gasteiger partial charge in [-0.1, -0.05) is 12.1 Å². The number of fused-ring (bicyclic) bond motifs is 2. The Morgan fingerprint density at radius 3 is 2.60 bits per heavy atom. The molecule has 2 unspecified atom stereocenters. The van der Waals surface area contributed by atoms with Gasteiger partial charge in [-0.2, -0.15) is 5.26 Å². The Kier molecular flexibility index (Phi) is 3.29. The van der Waals surface area contributed by atoms with Crippen molar-refractivity contribution in [1.82, 2.24) is 4.90 Å². The molecule has 2 heterocycles. The largest absolute Gasteiger partial charge is 0.385 e. The van der Waals surface area contributed by atoms with Crippen LogP contribution >= 0.6 is 0 Å². The highest BCUT2D eigenvalue weighted by Gasteiger charge is 2.46. The lowest BCUT2D eigenvalue weighted by atomic mass is 9.75. The Labute approximate surface area is 119 Å². The third-order valence-electron chi connectivity index (χ3n) is 4.72. The molecule has 4 nitrogen and oxygen atoms in total. The molecule has 2 fully saturated rings. The highest BCUT2D eigenvalue weighted by Crippen LogP contribution is 2.41. The first kappa shape index (κ1) is 13.6. The summed E-state index contributed by atoms with van der Waals surface area (Å²) in [4.78, 5) is 2.30. The molecule has 2 aliphatic rings. The van der Waals surface area contributed by atoms with Crippen molar-refractivity contribution in [3.05, 3.63) is 34.9 Å². The van der Waals surface area contributed by atoms with E-state index in [-0.39, 0.29) is 12.1 Å². The maximum atomic E-state index is 11.1. The summed E-state index contributed by atoms with van der Waals surface area (Å²) in [6.07, 6.45) is 1.25. The van der Waals surface area contributed by atoms with Crippen molar-refractivity contribution in [1.29, 1.82) is 5.26 Å². The van der Waals surface area contributed by atoms with Gasteiger partial charge in [-0.15, -0.1) is 0 Å². The predicted molar refractivity (Wildman–Crippen MR) is 75.2 cm³/mol. The summed E-state index contributed by atoms with van der Waals surface area (Å²) < 4.78 is 5.59. The number of hydrogen-bond donors (Lipinski definition) is 1. The quantitative estimate of drug-likeness (QED) is 0.842.